The number of aliphatic carboxylic acids is 1. The highest BCUT2D eigenvalue weighted by molar-refractivity contribution is 5.66. The van der Waals surface area contributed by atoms with E-state index in [0.29, 0.717) is 38.5 Å². The molecular formula is C22H40O5. The number of unbranched alkanes of at least 4 members (excludes halogenated alkanes) is 4. The monoisotopic (exact) mass is 384 g/mol. The summed E-state index contributed by atoms with van der Waals surface area (Å²) in [6.07, 6.45) is 11.5. The van der Waals surface area contributed by atoms with Gasteiger partial charge in [-0.2, -0.15) is 0 Å². The highest BCUT2D eigenvalue weighted by Gasteiger charge is 2.51. The van der Waals surface area contributed by atoms with Crippen LogP contribution in [0.5, 0.6) is 0 Å². The van der Waals surface area contributed by atoms with Gasteiger partial charge in [0.15, 0.2) is 0 Å². The fourth-order valence-corrected chi connectivity index (χ4v) is 4.65. The van der Waals surface area contributed by atoms with E-state index in [1.165, 1.54) is 0 Å². The molecule has 0 aromatic heterocycles. The lowest BCUT2D eigenvalue weighted by Gasteiger charge is -2.39. The molecule has 4 N–H and O–H groups in total. The Morgan fingerprint density at radius 3 is 2.37 bits per heavy atom. The zero-order chi connectivity index (χ0) is 20.3. The molecule has 1 fully saturated rings. The summed E-state index contributed by atoms with van der Waals surface area (Å²) in [7, 11) is 0. The van der Waals surface area contributed by atoms with Crippen molar-refractivity contribution in [2.45, 2.75) is 109 Å². The van der Waals surface area contributed by atoms with Gasteiger partial charge in [-0.05, 0) is 44.4 Å². The molecule has 0 bridgehead atoms. The van der Waals surface area contributed by atoms with Gasteiger partial charge in [-0.15, -0.1) is 0 Å². The van der Waals surface area contributed by atoms with Crippen LogP contribution in [0.4, 0.5) is 0 Å². The first-order chi connectivity index (χ1) is 12.9. The van der Waals surface area contributed by atoms with E-state index in [-0.39, 0.29) is 18.3 Å². The quantitative estimate of drug-likeness (QED) is 0.268. The van der Waals surface area contributed by atoms with Gasteiger partial charge in [0.05, 0.1) is 17.8 Å². The van der Waals surface area contributed by atoms with Crippen molar-refractivity contribution in [2.24, 2.45) is 11.8 Å². The lowest BCUT2D eigenvalue weighted by atomic mass is 9.72. The Morgan fingerprint density at radius 1 is 1.00 bits per heavy atom. The van der Waals surface area contributed by atoms with Crippen LogP contribution in [-0.4, -0.2) is 44.2 Å². The number of carboxylic acids is 1. The van der Waals surface area contributed by atoms with Gasteiger partial charge in [0.25, 0.3) is 0 Å². The smallest absolute Gasteiger partial charge is 0.303 e. The highest BCUT2D eigenvalue weighted by atomic mass is 16.4. The van der Waals surface area contributed by atoms with E-state index in [9.17, 15) is 20.1 Å². The topological polar surface area (TPSA) is 98.0 Å². The van der Waals surface area contributed by atoms with Crippen molar-refractivity contribution < 1.29 is 25.2 Å². The van der Waals surface area contributed by atoms with E-state index < -0.39 is 23.8 Å². The second-order valence-corrected chi connectivity index (χ2v) is 8.22. The molecule has 1 saturated carbocycles. The molecule has 158 valence electrons. The fraction of sp³-hybridized carbons (Fsp3) is 0.864. The van der Waals surface area contributed by atoms with Crippen LogP contribution in [0.2, 0.25) is 0 Å². The van der Waals surface area contributed by atoms with E-state index in [2.05, 4.69) is 6.92 Å². The maximum absolute atomic E-state index is 11.4. The molecule has 0 spiro atoms. The molecule has 5 atom stereocenters. The van der Waals surface area contributed by atoms with Crippen molar-refractivity contribution in [1.82, 2.24) is 0 Å². The van der Waals surface area contributed by atoms with E-state index >= 15 is 0 Å². The van der Waals surface area contributed by atoms with Crippen molar-refractivity contribution in [3.05, 3.63) is 12.2 Å². The minimum absolute atomic E-state index is 0.154. The summed E-state index contributed by atoms with van der Waals surface area (Å²) in [5.74, 6) is -1.25. The third kappa shape index (κ3) is 7.92. The second kappa shape index (κ2) is 12.5. The molecular weight excluding hydrogens is 344 g/mol. The molecule has 0 radical (unpaired) electrons. The Balaban J connectivity index is 2.72. The Kier molecular flexibility index (Phi) is 11.2. The van der Waals surface area contributed by atoms with Gasteiger partial charge in [-0.3, -0.25) is 4.79 Å². The average molecular weight is 385 g/mol. The predicted octanol–water partition coefficient (Wildman–Crippen LogP) is 4.05. The van der Waals surface area contributed by atoms with Crippen LogP contribution in [0.25, 0.3) is 0 Å². The SMILES string of the molecule is CCCCCCC(O)(CCC)[C@@H]1[C@@H](O)CC(O)[C@@H]1CC=CCCCC(=O)O. The van der Waals surface area contributed by atoms with E-state index in [4.69, 9.17) is 5.11 Å². The molecule has 1 aliphatic carbocycles. The summed E-state index contributed by atoms with van der Waals surface area (Å²) in [5.41, 5.74) is -0.929. The summed E-state index contributed by atoms with van der Waals surface area (Å²) < 4.78 is 0. The fourth-order valence-electron chi connectivity index (χ4n) is 4.65. The molecule has 0 amide bonds. The summed E-state index contributed by atoms with van der Waals surface area (Å²) in [6, 6.07) is 0. The Bertz CT molecular complexity index is 450. The van der Waals surface area contributed by atoms with Crippen LogP contribution >= 0.6 is 0 Å². The first-order valence-electron chi connectivity index (χ1n) is 10.8. The molecule has 0 aromatic rings. The molecule has 5 heteroatoms. The summed E-state index contributed by atoms with van der Waals surface area (Å²) in [4.78, 5) is 10.5. The van der Waals surface area contributed by atoms with Crippen LogP contribution < -0.4 is 0 Å². The second-order valence-electron chi connectivity index (χ2n) is 8.22. The zero-order valence-electron chi connectivity index (χ0n) is 17.1. The Hall–Kier alpha value is -0.910. The van der Waals surface area contributed by atoms with E-state index in [1.807, 2.05) is 19.1 Å². The molecule has 1 aliphatic rings. The minimum Gasteiger partial charge on any atom is -0.481 e. The maximum Gasteiger partial charge on any atom is 0.303 e. The van der Waals surface area contributed by atoms with Crippen LogP contribution in [0.15, 0.2) is 12.2 Å². The molecule has 2 unspecified atom stereocenters. The molecule has 0 heterocycles. The van der Waals surface area contributed by atoms with Gasteiger partial charge in [0, 0.05) is 12.3 Å². The number of carbonyl (C=O) groups is 1. The number of carboxylic acid groups (broad SMARTS) is 1. The number of hydrogen-bond acceptors (Lipinski definition) is 4. The third-order valence-electron chi connectivity index (χ3n) is 5.96. The number of aliphatic hydroxyl groups is 3. The van der Waals surface area contributed by atoms with Crippen molar-refractivity contribution in [3.8, 4) is 0 Å². The van der Waals surface area contributed by atoms with E-state index in [1.54, 1.807) is 0 Å². The average Bonchev–Trinajstić information content (AvgIpc) is 2.89. The standard InChI is InChI=1S/C22H40O5/c1-3-5-6-11-15-22(27,14-4-2)21-17(18(23)16-19(21)24)12-9-7-8-10-13-20(25)26/h7,9,17-19,21,23-24,27H,3-6,8,10-16H2,1-2H3,(H,25,26)/t17-,18?,19-,21-,22?/m0/s1. The maximum atomic E-state index is 11.4. The van der Waals surface area contributed by atoms with Crippen molar-refractivity contribution in [2.75, 3.05) is 0 Å². The first kappa shape index (κ1) is 24.1. The molecule has 27 heavy (non-hydrogen) atoms. The number of allylic oxidation sites excluding steroid dienone is 2. The summed E-state index contributed by atoms with van der Waals surface area (Å²) >= 11 is 0. The molecule has 0 aromatic carbocycles. The van der Waals surface area contributed by atoms with E-state index in [0.717, 1.165) is 32.1 Å². The van der Waals surface area contributed by atoms with Crippen molar-refractivity contribution in [1.29, 1.82) is 0 Å². The van der Waals surface area contributed by atoms with Gasteiger partial charge in [0.1, 0.15) is 0 Å². The lowest BCUT2D eigenvalue weighted by molar-refractivity contribution is -0.137. The van der Waals surface area contributed by atoms with Gasteiger partial charge in [-0.1, -0.05) is 58.1 Å². The van der Waals surface area contributed by atoms with Crippen LogP contribution in [0.3, 0.4) is 0 Å². The van der Waals surface area contributed by atoms with Crippen molar-refractivity contribution in [3.63, 3.8) is 0 Å². The van der Waals surface area contributed by atoms with Crippen LogP contribution in [0, 0.1) is 11.8 Å². The van der Waals surface area contributed by atoms with Gasteiger partial charge < -0.3 is 20.4 Å². The zero-order valence-corrected chi connectivity index (χ0v) is 17.1. The highest BCUT2D eigenvalue weighted by Crippen LogP contribution is 2.45. The first-order valence-corrected chi connectivity index (χ1v) is 10.8. The summed E-state index contributed by atoms with van der Waals surface area (Å²) in [6.45, 7) is 4.21. The van der Waals surface area contributed by atoms with Crippen molar-refractivity contribution >= 4 is 5.97 Å². The largest absolute Gasteiger partial charge is 0.481 e. The minimum atomic E-state index is -0.929. The predicted molar refractivity (Wildman–Crippen MR) is 107 cm³/mol. The lowest BCUT2D eigenvalue weighted by Crippen LogP contribution is -2.45. The molecule has 5 nitrogen and oxygen atoms in total. The van der Waals surface area contributed by atoms with Crippen LogP contribution in [0.1, 0.15) is 90.9 Å². The number of rotatable bonds is 14. The third-order valence-corrected chi connectivity index (χ3v) is 5.96. The normalized spacial score (nSPS) is 27.9. The molecule has 1 rings (SSSR count). The Labute approximate surface area is 164 Å². The van der Waals surface area contributed by atoms with Gasteiger partial charge in [-0.25, -0.2) is 0 Å². The summed E-state index contributed by atoms with van der Waals surface area (Å²) in [5, 5.41) is 41.1. The molecule has 0 aliphatic heterocycles. The van der Waals surface area contributed by atoms with Gasteiger partial charge >= 0.3 is 5.97 Å². The van der Waals surface area contributed by atoms with Crippen LogP contribution in [-0.2, 0) is 4.79 Å². The van der Waals surface area contributed by atoms with Gasteiger partial charge in [0.2, 0.25) is 0 Å². The number of hydrogen-bond donors (Lipinski definition) is 4. The number of aliphatic hydroxyl groups excluding tert-OH is 2. The molecule has 0 saturated heterocycles. The Morgan fingerprint density at radius 2 is 1.74 bits per heavy atom.